The van der Waals surface area contributed by atoms with Gasteiger partial charge in [0.2, 0.25) is 5.91 Å². The summed E-state index contributed by atoms with van der Waals surface area (Å²) >= 11 is 0. The van der Waals surface area contributed by atoms with Crippen molar-refractivity contribution in [3.05, 3.63) is 0 Å². The number of likely N-dealkylation sites (tertiary alicyclic amines) is 1. The standard InChI is InChI=1S/C19H36N2O4S/c1-15(2)18(26(23,24)17-7-4-3-5-8-17)19(22)21-12-9-16(10-13-21)25-14-6-11-20/h15-18H,3-14,20H2,1-2H3. The van der Waals surface area contributed by atoms with E-state index < -0.39 is 15.1 Å². The van der Waals surface area contributed by atoms with Gasteiger partial charge in [-0.1, -0.05) is 33.1 Å². The highest BCUT2D eigenvalue weighted by atomic mass is 32.2. The van der Waals surface area contributed by atoms with Crippen LogP contribution in [0.15, 0.2) is 0 Å². The predicted molar refractivity (Wildman–Crippen MR) is 104 cm³/mol. The van der Waals surface area contributed by atoms with Crippen LogP contribution in [0.1, 0.15) is 65.2 Å². The Morgan fingerprint density at radius 1 is 1.12 bits per heavy atom. The van der Waals surface area contributed by atoms with Crippen LogP contribution >= 0.6 is 0 Å². The van der Waals surface area contributed by atoms with E-state index in [0.717, 1.165) is 38.5 Å². The van der Waals surface area contributed by atoms with Crippen molar-refractivity contribution in [2.75, 3.05) is 26.2 Å². The molecule has 1 aliphatic heterocycles. The summed E-state index contributed by atoms with van der Waals surface area (Å²) in [7, 11) is -3.44. The molecule has 0 aromatic rings. The van der Waals surface area contributed by atoms with Gasteiger partial charge in [-0.15, -0.1) is 0 Å². The van der Waals surface area contributed by atoms with Crippen LogP contribution in [0, 0.1) is 5.92 Å². The average Bonchev–Trinajstić information content (AvgIpc) is 2.63. The van der Waals surface area contributed by atoms with Gasteiger partial charge in [0.25, 0.3) is 0 Å². The molecule has 2 aliphatic rings. The molecule has 2 rings (SSSR count). The number of carbonyl (C=O) groups excluding carboxylic acids is 1. The monoisotopic (exact) mass is 388 g/mol. The highest BCUT2D eigenvalue weighted by Gasteiger charge is 2.43. The average molecular weight is 389 g/mol. The van der Waals surface area contributed by atoms with Crippen LogP contribution in [0.3, 0.4) is 0 Å². The minimum absolute atomic E-state index is 0.151. The molecule has 1 amide bonds. The number of hydrogen-bond donors (Lipinski definition) is 1. The molecule has 1 unspecified atom stereocenters. The Hall–Kier alpha value is -0.660. The third-order valence-corrected chi connectivity index (χ3v) is 8.53. The van der Waals surface area contributed by atoms with E-state index >= 15 is 0 Å². The topological polar surface area (TPSA) is 89.7 Å². The first-order valence-electron chi connectivity index (χ1n) is 10.2. The van der Waals surface area contributed by atoms with Crippen molar-refractivity contribution in [3.63, 3.8) is 0 Å². The molecule has 6 nitrogen and oxygen atoms in total. The molecule has 152 valence electrons. The van der Waals surface area contributed by atoms with Crippen LogP contribution in [0.2, 0.25) is 0 Å². The fourth-order valence-electron chi connectivity index (χ4n) is 4.16. The highest BCUT2D eigenvalue weighted by molar-refractivity contribution is 7.93. The molecule has 2 N–H and O–H groups in total. The van der Waals surface area contributed by atoms with Gasteiger partial charge in [-0.05, 0) is 44.6 Å². The molecule has 1 saturated carbocycles. The van der Waals surface area contributed by atoms with Crippen LogP contribution in [0.5, 0.6) is 0 Å². The van der Waals surface area contributed by atoms with Crippen molar-refractivity contribution in [1.29, 1.82) is 0 Å². The van der Waals surface area contributed by atoms with Crippen LogP contribution < -0.4 is 5.73 Å². The number of ether oxygens (including phenoxy) is 1. The van der Waals surface area contributed by atoms with Crippen molar-refractivity contribution < 1.29 is 17.9 Å². The van der Waals surface area contributed by atoms with Gasteiger partial charge in [-0.25, -0.2) is 8.42 Å². The zero-order chi connectivity index (χ0) is 19.2. The number of hydrogen-bond acceptors (Lipinski definition) is 5. The number of rotatable bonds is 8. The van der Waals surface area contributed by atoms with E-state index in [1.165, 1.54) is 0 Å². The Labute approximate surface area is 158 Å². The maximum atomic E-state index is 13.2. The van der Waals surface area contributed by atoms with E-state index in [9.17, 15) is 13.2 Å². The molecular weight excluding hydrogens is 352 g/mol. The van der Waals surface area contributed by atoms with Crippen LogP contribution in [-0.4, -0.2) is 62.1 Å². The van der Waals surface area contributed by atoms with Gasteiger partial charge in [0, 0.05) is 19.7 Å². The maximum Gasteiger partial charge on any atom is 0.241 e. The van der Waals surface area contributed by atoms with E-state index in [0.29, 0.717) is 39.1 Å². The van der Waals surface area contributed by atoms with Crippen molar-refractivity contribution in [2.45, 2.75) is 81.8 Å². The van der Waals surface area contributed by atoms with Crippen LogP contribution in [0.4, 0.5) is 0 Å². The van der Waals surface area contributed by atoms with E-state index in [-0.39, 0.29) is 23.2 Å². The Kier molecular flexibility index (Phi) is 8.36. The van der Waals surface area contributed by atoms with Crippen LogP contribution in [-0.2, 0) is 19.4 Å². The first-order valence-corrected chi connectivity index (χ1v) is 11.8. The molecule has 0 aromatic heterocycles. The van der Waals surface area contributed by atoms with Gasteiger partial charge < -0.3 is 15.4 Å². The lowest BCUT2D eigenvalue weighted by atomic mass is 10.0. The fraction of sp³-hybridized carbons (Fsp3) is 0.947. The Morgan fingerprint density at radius 2 is 1.73 bits per heavy atom. The molecule has 7 heteroatoms. The maximum absolute atomic E-state index is 13.2. The van der Waals surface area contributed by atoms with Gasteiger partial charge >= 0.3 is 0 Å². The molecule has 0 aromatic carbocycles. The summed E-state index contributed by atoms with van der Waals surface area (Å²) in [6.45, 7) is 6.13. The molecular formula is C19H36N2O4S. The number of carbonyl (C=O) groups is 1. The molecule has 26 heavy (non-hydrogen) atoms. The number of piperidine rings is 1. The highest BCUT2D eigenvalue weighted by Crippen LogP contribution is 2.30. The van der Waals surface area contributed by atoms with E-state index in [4.69, 9.17) is 10.5 Å². The van der Waals surface area contributed by atoms with E-state index in [2.05, 4.69) is 0 Å². The zero-order valence-electron chi connectivity index (χ0n) is 16.4. The summed E-state index contributed by atoms with van der Waals surface area (Å²) in [6.07, 6.45) is 6.94. The van der Waals surface area contributed by atoms with Crippen molar-refractivity contribution in [1.82, 2.24) is 4.90 Å². The van der Waals surface area contributed by atoms with Gasteiger partial charge in [0.05, 0.1) is 11.4 Å². The lowest BCUT2D eigenvalue weighted by Crippen LogP contribution is -2.51. The van der Waals surface area contributed by atoms with Gasteiger partial charge in [0.1, 0.15) is 5.25 Å². The molecule has 1 saturated heterocycles. The van der Waals surface area contributed by atoms with Crippen LogP contribution in [0.25, 0.3) is 0 Å². The zero-order valence-corrected chi connectivity index (χ0v) is 17.2. The van der Waals surface area contributed by atoms with Crippen molar-refractivity contribution in [2.24, 2.45) is 11.7 Å². The number of amides is 1. The van der Waals surface area contributed by atoms with Crippen molar-refractivity contribution in [3.8, 4) is 0 Å². The van der Waals surface area contributed by atoms with Gasteiger partial charge in [-0.3, -0.25) is 4.79 Å². The molecule has 1 heterocycles. The van der Waals surface area contributed by atoms with Gasteiger partial charge in [0.15, 0.2) is 9.84 Å². The third kappa shape index (κ3) is 5.42. The second-order valence-corrected chi connectivity index (χ2v) is 10.4. The normalized spacial score (nSPS) is 21.9. The molecule has 1 aliphatic carbocycles. The summed E-state index contributed by atoms with van der Waals surface area (Å²) in [5.74, 6) is -0.404. The Balaban J connectivity index is 1.98. The first kappa shape index (κ1) is 21.6. The molecule has 0 bridgehead atoms. The number of nitrogens with two attached hydrogens (primary N) is 1. The number of sulfone groups is 1. The van der Waals surface area contributed by atoms with Gasteiger partial charge in [-0.2, -0.15) is 0 Å². The second kappa shape index (κ2) is 10.0. The third-order valence-electron chi connectivity index (χ3n) is 5.68. The summed E-state index contributed by atoms with van der Waals surface area (Å²) in [4.78, 5) is 14.8. The second-order valence-electron chi connectivity index (χ2n) is 8.05. The van der Waals surface area contributed by atoms with Crippen molar-refractivity contribution >= 4 is 15.7 Å². The number of nitrogens with zero attached hydrogens (tertiary/aromatic N) is 1. The summed E-state index contributed by atoms with van der Waals surface area (Å²) in [6, 6.07) is 0. The molecule has 0 radical (unpaired) electrons. The largest absolute Gasteiger partial charge is 0.378 e. The Bertz CT molecular complexity index is 536. The van der Waals surface area contributed by atoms with E-state index in [1.807, 2.05) is 13.8 Å². The lowest BCUT2D eigenvalue weighted by molar-refractivity contribution is -0.134. The summed E-state index contributed by atoms with van der Waals surface area (Å²) in [5, 5.41) is -1.25. The molecule has 2 fully saturated rings. The smallest absolute Gasteiger partial charge is 0.241 e. The summed E-state index contributed by atoms with van der Waals surface area (Å²) < 4.78 is 32.1. The predicted octanol–water partition coefficient (Wildman–Crippen LogP) is 2.11. The summed E-state index contributed by atoms with van der Waals surface area (Å²) in [5.41, 5.74) is 5.48. The fourth-order valence-corrected chi connectivity index (χ4v) is 6.76. The Morgan fingerprint density at radius 3 is 2.27 bits per heavy atom. The molecule has 0 spiro atoms. The quantitative estimate of drug-likeness (QED) is 0.643. The minimum Gasteiger partial charge on any atom is -0.378 e. The minimum atomic E-state index is -3.44. The SMILES string of the molecule is CC(C)C(C(=O)N1CCC(OCCCN)CC1)S(=O)(=O)C1CCCCC1. The van der Waals surface area contributed by atoms with E-state index in [1.54, 1.807) is 4.90 Å². The lowest BCUT2D eigenvalue weighted by Gasteiger charge is -2.36. The molecule has 1 atom stereocenters. The first-order chi connectivity index (χ1) is 12.4.